The number of aromatic nitrogens is 1. The number of anilines is 1. The molecule has 206 valence electrons. The van der Waals surface area contributed by atoms with E-state index in [9.17, 15) is 14.4 Å². The lowest BCUT2D eigenvalue weighted by molar-refractivity contribution is -0.119. The number of fused-ring (bicyclic) bond motifs is 3. The zero-order valence-corrected chi connectivity index (χ0v) is 23.6. The first-order chi connectivity index (χ1) is 18.9. The number of carbonyl (C=O) groups excluding carboxylic acids is 3. The Morgan fingerprint density at radius 1 is 1.00 bits per heavy atom. The first-order valence-electron chi connectivity index (χ1n) is 13.8. The first kappa shape index (κ1) is 27.3. The van der Waals surface area contributed by atoms with E-state index in [1.54, 1.807) is 6.92 Å². The van der Waals surface area contributed by atoms with Gasteiger partial charge in [0.1, 0.15) is 5.00 Å². The molecule has 0 saturated heterocycles. The van der Waals surface area contributed by atoms with E-state index >= 15 is 0 Å². The van der Waals surface area contributed by atoms with Crippen molar-refractivity contribution in [1.82, 2.24) is 9.88 Å². The molecule has 1 aliphatic heterocycles. The molecule has 0 spiro atoms. The smallest absolute Gasteiger partial charge is 0.341 e. The van der Waals surface area contributed by atoms with Gasteiger partial charge < -0.3 is 14.8 Å². The van der Waals surface area contributed by atoms with Crippen molar-refractivity contribution >= 4 is 45.1 Å². The van der Waals surface area contributed by atoms with Crippen LogP contribution in [0.4, 0.5) is 5.00 Å². The number of ether oxygens (including phenoxy) is 2. The summed E-state index contributed by atoms with van der Waals surface area (Å²) in [6.07, 6.45) is 5.59. The molecule has 1 amide bonds. The fraction of sp³-hybridized carbons (Fsp3) is 0.467. The summed E-state index contributed by atoms with van der Waals surface area (Å²) >= 11 is 1.42. The zero-order chi connectivity index (χ0) is 27.5. The number of carbonyl (C=O) groups is 3. The van der Waals surface area contributed by atoms with E-state index in [0.29, 0.717) is 28.7 Å². The van der Waals surface area contributed by atoms with E-state index < -0.39 is 24.5 Å². The van der Waals surface area contributed by atoms with Crippen LogP contribution in [0.15, 0.2) is 24.3 Å². The Kier molecular flexibility index (Phi) is 8.28. The van der Waals surface area contributed by atoms with Crippen LogP contribution in [0.5, 0.6) is 0 Å². The molecule has 0 radical (unpaired) electrons. The first-order valence-corrected chi connectivity index (χ1v) is 14.6. The van der Waals surface area contributed by atoms with Crippen molar-refractivity contribution in [3.63, 3.8) is 0 Å². The number of rotatable bonds is 7. The van der Waals surface area contributed by atoms with Crippen molar-refractivity contribution in [2.45, 2.75) is 71.9 Å². The topological polar surface area (TPSA) is 97.8 Å². The number of nitrogens with one attached hydrogen (secondary N) is 1. The Morgan fingerprint density at radius 2 is 1.77 bits per heavy atom. The van der Waals surface area contributed by atoms with Crippen LogP contribution in [0.3, 0.4) is 0 Å². The second-order valence-electron chi connectivity index (χ2n) is 10.4. The van der Waals surface area contributed by atoms with Gasteiger partial charge in [-0.2, -0.15) is 0 Å². The van der Waals surface area contributed by atoms with Crippen LogP contribution in [0.1, 0.15) is 82.4 Å². The monoisotopic (exact) mass is 549 g/mol. The zero-order valence-electron chi connectivity index (χ0n) is 22.8. The largest absolute Gasteiger partial charge is 0.462 e. The number of hydrogen-bond acceptors (Lipinski definition) is 8. The van der Waals surface area contributed by atoms with Crippen molar-refractivity contribution in [2.75, 3.05) is 25.1 Å². The maximum absolute atomic E-state index is 13.5. The van der Waals surface area contributed by atoms with Crippen LogP contribution in [0.2, 0.25) is 0 Å². The minimum absolute atomic E-state index is 0.257. The van der Waals surface area contributed by atoms with E-state index in [1.165, 1.54) is 11.3 Å². The van der Waals surface area contributed by atoms with E-state index in [-0.39, 0.29) is 6.61 Å². The maximum Gasteiger partial charge on any atom is 0.341 e. The molecule has 3 heterocycles. The molecule has 1 aromatic carbocycles. The summed E-state index contributed by atoms with van der Waals surface area (Å²) in [6.45, 7) is 7.32. The number of amides is 1. The third-order valence-electron chi connectivity index (χ3n) is 7.50. The predicted molar refractivity (Wildman–Crippen MR) is 151 cm³/mol. The molecule has 0 unspecified atom stereocenters. The minimum Gasteiger partial charge on any atom is -0.462 e. The third-order valence-corrected chi connectivity index (χ3v) is 8.71. The average molecular weight is 550 g/mol. The SMILES string of the molecule is CCOC(=O)c1c(NC(=O)COC(=O)c2c3c(nc4ccccc24)CCN(C(C)C)C3)sc2c1CCCCC2. The Bertz CT molecular complexity index is 1410. The van der Waals surface area contributed by atoms with Gasteiger partial charge in [-0.25, -0.2) is 9.59 Å². The van der Waals surface area contributed by atoms with Gasteiger partial charge in [-0.1, -0.05) is 24.6 Å². The highest BCUT2D eigenvalue weighted by atomic mass is 32.1. The molecular weight excluding hydrogens is 514 g/mol. The van der Waals surface area contributed by atoms with Gasteiger partial charge in [-0.05, 0) is 58.1 Å². The van der Waals surface area contributed by atoms with Gasteiger partial charge in [0.05, 0.1) is 23.3 Å². The number of hydrogen-bond donors (Lipinski definition) is 1. The van der Waals surface area contributed by atoms with Crippen LogP contribution in [-0.4, -0.2) is 53.5 Å². The summed E-state index contributed by atoms with van der Waals surface area (Å²) in [5.41, 5.74) is 4.41. The molecule has 0 saturated carbocycles. The van der Waals surface area contributed by atoms with Crippen LogP contribution < -0.4 is 5.32 Å². The molecule has 0 fully saturated rings. The summed E-state index contributed by atoms with van der Waals surface area (Å²) < 4.78 is 10.9. The molecule has 8 nitrogen and oxygen atoms in total. The number of para-hydroxylation sites is 1. The normalized spacial score (nSPS) is 15.4. The van der Waals surface area contributed by atoms with Crippen LogP contribution >= 0.6 is 11.3 Å². The van der Waals surface area contributed by atoms with Crippen molar-refractivity contribution in [2.24, 2.45) is 0 Å². The number of thiophene rings is 1. The third kappa shape index (κ3) is 5.70. The number of esters is 2. The van der Waals surface area contributed by atoms with Gasteiger partial charge >= 0.3 is 11.9 Å². The van der Waals surface area contributed by atoms with Gasteiger partial charge in [0, 0.05) is 47.1 Å². The lowest BCUT2D eigenvalue weighted by Gasteiger charge is -2.32. The highest BCUT2D eigenvalue weighted by Crippen LogP contribution is 2.38. The fourth-order valence-corrected chi connectivity index (χ4v) is 6.79. The van der Waals surface area contributed by atoms with Crippen molar-refractivity contribution in [3.05, 3.63) is 57.1 Å². The standard InChI is InChI=1S/C30H35N3O5S/c1-4-37-30(36)27-20-11-6-5-7-13-24(20)39-28(27)32-25(34)17-38-29(35)26-19-10-8-9-12-22(19)31-23-14-15-33(18(2)3)16-21(23)26/h8-10,12,18H,4-7,11,13-17H2,1-3H3,(H,32,34). The van der Waals surface area contributed by atoms with E-state index in [1.807, 2.05) is 24.3 Å². The number of pyridine rings is 1. The minimum atomic E-state index is -0.543. The van der Waals surface area contributed by atoms with Gasteiger partial charge in [0.15, 0.2) is 6.61 Å². The Labute approximate surface area is 232 Å². The molecule has 3 aromatic rings. The van der Waals surface area contributed by atoms with Crippen LogP contribution in [0, 0.1) is 0 Å². The average Bonchev–Trinajstić information content (AvgIpc) is 3.09. The summed E-state index contributed by atoms with van der Waals surface area (Å²) in [4.78, 5) is 47.6. The lowest BCUT2D eigenvalue weighted by Crippen LogP contribution is -2.37. The second-order valence-corrected chi connectivity index (χ2v) is 11.5. The molecule has 1 N–H and O–H groups in total. The number of benzene rings is 1. The van der Waals surface area contributed by atoms with Crippen molar-refractivity contribution in [3.8, 4) is 0 Å². The number of aryl methyl sites for hydroxylation is 1. The predicted octanol–water partition coefficient (Wildman–Crippen LogP) is 5.30. The Balaban J connectivity index is 1.37. The summed E-state index contributed by atoms with van der Waals surface area (Å²) in [7, 11) is 0. The van der Waals surface area contributed by atoms with Gasteiger partial charge in [0.2, 0.25) is 0 Å². The molecule has 2 aromatic heterocycles. The van der Waals surface area contributed by atoms with Crippen LogP contribution in [-0.2, 0) is 40.1 Å². The Hall–Kier alpha value is -3.30. The van der Waals surface area contributed by atoms with Crippen molar-refractivity contribution in [1.29, 1.82) is 0 Å². The van der Waals surface area contributed by atoms with Crippen LogP contribution in [0.25, 0.3) is 10.9 Å². The van der Waals surface area contributed by atoms with E-state index in [0.717, 1.165) is 77.7 Å². The molecule has 9 heteroatoms. The highest BCUT2D eigenvalue weighted by molar-refractivity contribution is 7.17. The molecule has 2 aliphatic rings. The quantitative estimate of drug-likeness (QED) is 0.315. The molecular formula is C30H35N3O5S. The molecule has 0 atom stereocenters. The maximum atomic E-state index is 13.5. The molecule has 1 aliphatic carbocycles. The van der Waals surface area contributed by atoms with Gasteiger partial charge in [-0.15, -0.1) is 11.3 Å². The lowest BCUT2D eigenvalue weighted by atomic mass is 9.95. The summed E-state index contributed by atoms with van der Waals surface area (Å²) in [6, 6.07) is 7.87. The van der Waals surface area contributed by atoms with Crippen molar-refractivity contribution < 1.29 is 23.9 Å². The van der Waals surface area contributed by atoms with Gasteiger partial charge in [0.25, 0.3) is 5.91 Å². The van der Waals surface area contributed by atoms with E-state index in [2.05, 4.69) is 24.1 Å². The highest BCUT2D eigenvalue weighted by Gasteiger charge is 2.29. The van der Waals surface area contributed by atoms with Gasteiger partial charge in [-0.3, -0.25) is 14.7 Å². The fourth-order valence-electron chi connectivity index (χ4n) is 5.50. The second kappa shape index (κ2) is 11.8. The van der Waals surface area contributed by atoms with E-state index in [4.69, 9.17) is 14.5 Å². The number of nitrogens with zero attached hydrogens (tertiary/aromatic N) is 2. The molecule has 5 rings (SSSR count). The summed E-state index contributed by atoms with van der Waals surface area (Å²) in [5.74, 6) is -1.45. The Morgan fingerprint density at radius 3 is 2.56 bits per heavy atom. The summed E-state index contributed by atoms with van der Waals surface area (Å²) in [5, 5.41) is 4.03. The molecule has 39 heavy (non-hydrogen) atoms. The molecule has 0 bridgehead atoms.